The Morgan fingerprint density at radius 1 is 1.35 bits per heavy atom. The molecule has 0 radical (unpaired) electrons. The molecule has 2 atom stereocenters. The maximum atomic E-state index is 5.81. The lowest BCUT2D eigenvalue weighted by molar-refractivity contribution is -0.141. The van der Waals surface area contributed by atoms with Crippen molar-refractivity contribution in [1.82, 2.24) is 5.32 Å². The summed E-state index contributed by atoms with van der Waals surface area (Å²) >= 11 is 0. The molecule has 0 unspecified atom stereocenters. The van der Waals surface area contributed by atoms with Gasteiger partial charge in [-0.25, -0.2) is 0 Å². The van der Waals surface area contributed by atoms with Crippen LogP contribution in [0.25, 0.3) is 0 Å². The first kappa shape index (κ1) is 12.6. The highest BCUT2D eigenvalue weighted by molar-refractivity contribution is 5.14. The van der Waals surface area contributed by atoms with E-state index in [9.17, 15) is 0 Å². The second-order valence-corrected chi connectivity index (χ2v) is 5.02. The van der Waals surface area contributed by atoms with Crippen molar-refractivity contribution in [1.29, 1.82) is 0 Å². The maximum Gasteiger partial charge on any atom is 0.163 e. The number of ether oxygens (including phenoxy) is 2. The van der Waals surface area contributed by atoms with Gasteiger partial charge in [0.15, 0.2) is 5.79 Å². The normalized spacial score (nSPS) is 24.8. The first-order chi connectivity index (χ1) is 8.07. The fourth-order valence-electron chi connectivity index (χ4n) is 1.97. The van der Waals surface area contributed by atoms with Crippen molar-refractivity contribution in [3.05, 3.63) is 35.9 Å². The minimum Gasteiger partial charge on any atom is -0.348 e. The molecule has 3 heteroatoms. The zero-order valence-corrected chi connectivity index (χ0v) is 10.8. The monoisotopic (exact) mass is 235 g/mol. The molecule has 1 aliphatic rings. The standard InChI is InChI=1S/C14H21NO2/c1-11(13-10-16-14(2,3)17-13)15-9-12-7-5-4-6-8-12/h4-8,11,13,15H,9-10H2,1-3H3/t11-,13-/m1/s1. The van der Waals surface area contributed by atoms with Gasteiger partial charge in [0.1, 0.15) is 0 Å². The molecule has 1 aromatic carbocycles. The van der Waals surface area contributed by atoms with Crippen molar-refractivity contribution < 1.29 is 9.47 Å². The van der Waals surface area contributed by atoms with Crippen LogP contribution in [-0.4, -0.2) is 24.5 Å². The molecule has 0 bridgehead atoms. The Labute approximate surface area is 103 Å². The third kappa shape index (κ3) is 3.53. The molecule has 1 aromatic rings. The lowest BCUT2D eigenvalue weighted by atomic mass is 10.1. The molecular formula is C14H21NO2. The Hall–Kier alpha value is -0.900. The van der Waals surface area contributed by atoms with Gasteiger partial charge in [0.25, 0.3) is 0 Å². The summed E-state index contributed by atoms with van der Waals surface area (Å²) in [7, 11) is 0. The summed E-state index contributed by atoms with van der Waals surface area (Å²) in [4.78, 5) is 0. The molecule has 17 heavy (non-hydrogen) atoms. The van der Waals surface area contributed by atoms with Crippen LogP contribution in [0.1, 0.15) is 26.3 Å². The van der Waals surface area contributed by atoms with Crippen LogP contribution in [0.5, 0.6) is 0 Å². The maximum absolute atomic E-state index is 5.81. The quantitative estimate of drug-likeness (QED) is 0.868. The van der Waals surface area contributed by atoms with Crippen molar-refractivity contribution in [2.45, 2.75) is 45.2 Å². The fraction of sp³-hybridized carbons (Fsp3) is 0.571. The summed E-state index contributed by atoms with van der Waals surface area (Å²) in [6.45, 7) is 7.57. The smallest absolute Gasteiger partial charge is 0.163 e. The number of benzene rings is 1. The third-order valence-electron chi connectivity index (χ3n) is 3.06. The van der Waals surface area contributed by atoms with E-state index in [1.807, 2.05) is 19.9 Å². The van der Waals surface area contributed by atoms with Gasteiger partial charge in [-0.05, 0) is 26.3 Å². The van der Waals surface area contributed by atoms with Crippen LogP contribution in [0.3, 0.4) is 0 Å². The van der Waals surface area contributed by atoms with Gasteiger partial charge in [-0.3, -0.25) is 0 Å². The van der Waals surface area contributed by atoms with Crippen LogP contribution in [0, 0.1) is 0 Å². The van der Waals surface area contributed by atoms with E-state index in [0.29, 0.717) is 6.61 Å². The minimum absolute atomic E-state index is 0.133. The number of rotatable bonds is 4. The molecule has 2 rings (SSSR count). The van der Waals surface area contributed by atoms with Gasteiger partial charge in [0, 0.05) is 12.6 Å². The topological polar surface area (TPSA) is 30.5 Å². The predicted molar refractivity (Wildman–Crippen MR) is 67.6 cm³/mol. The zero-order chi connectivity index (χ0) is 12.3. The van der Waals surface area contributed by atoms with E-state index in [4.69, 9.17) is 9.47 Å². The van der Waals surface area contributed by atoms with Crippen molar-refractivity contribution in [2.75, 3.05) is 6.61 Å². The second kappa shape index (κ2) is 5.17. The van der Waals surface area contributed by atoms with E-state index in [2.05, 4.69) is 36.5 Å². The Morgan fingerprint density at radius 3 is 2.65 bits per heavy atom. The Morgan fingerprint density at radius 2 is 2.06 bits per heavy atom. The molecule has 94 valence electrons. The Balaban J connectivity index is 1.80. The first-order valence-electron chi connectivity index (χ1n) is 6.16. The Bertz CT molecular complexity index is 350. The molecule has 0 saturated carbocycles. The Kier molecular flexibility index (Phi) is 3.82. The van der Waals surface area contributed by atoms with E-state index in [1.54, 1.807) is 0 Å². The average molecular weight is 235 g/mol. The summed E-state index contributed by atoms with van der Waals surface area (Å²) in [5, 5.41) is 3.47. The van der Waals surface area contributed by atoms with Gasteiger partial charge in [-0.1, -0.05) is 30.3 Å². The van der Waals surface area contributed by atoms with Crippen LogP contribution in [0.15, 0.2) is 30.3 Å². The van der Waals surface area contributed by atoms with Crippen molar-refractivity contribution in [3.63, 3.8) is 0 Å². The molecule has 1 saturated heterocycles. The third-order valence-corrected chi connectivity index (χ3v) is 3.06. The van der Waals surface area contributed by atoms with Crippen LogP contribution in [-0.2, 0) is 16.0 Å². The van der Waals surface area contributed by atoms with Crippen LogP contribution >= 0.6 is 0 Å². The SMILES string of the molecule is C[C@@H](NCc1ccccc1)[C@H]1COC(C)(C)O1. The lowest BCUT2D eigenvalue weighted by Crippen LogP contribution is -2.39. The lowest BCUT2D eigenvalue weighted by Gasteiger charge is -2.22. The largest absolute Gasteiger partial charge is 0.348 e. The van der Waals surface area contributed by atoms with Crippen LogP contribution in [0.4, 0.5) is 0 Å². The molecule has 1 aliphatic heterocycles. The van der Waals surface area contributed by atoms with E-state index >= 15 is 0 Å². The summed E-state index contributed by atoms with van der Waals surface area (Å²) in [6.07, 6.45) is 0.133. The zero-order valence-electron chi connectivity index (χ0n) is 10.8. The second-order valence-electron chi connectivity index (χ2n) is 5.02. The van der Waals surface area contributed by atoms with Gasteiger partial charge >= 0.3 is 0 Å². The molecule has 0 aromatic heterocycles. The average Bonchev–Trinajstić information content (AvgIpc) is 2.68. The fourth-order valence-corrected chi connectivity index (χ4v) is 1.97. The van der Waals surface area contributed by atoms with Crippen LogP contribution < -0.4 is 5.32 Å². The highest BCUT2D eigenvalue weighted by Gasteiger charge is 2.35. The molecule has 1 fully saturated rings. The molecule has 0 amide bonds. The van der Waals surface area contributed by atoms with Gasteiger partial charge < -0.3 is 14.8 Å². The number of nitrogens with one attached hydrogen (secondary N) is 1. The number of hydrogen-bond donors (Lipinski definition) is 1. The van der Waals surface area contributed by atoms with E-state index in [1.165, 1.54) is 5.56 Å². The summed E-state index contributed by atoms with van der Waals surface area (Å²) < 4.78 is 11.4. The number of hydrogen-bond acceptors (Lipinski definition) is 3. The van der Waals surface area contributed by atoms with E-state index in [-0.39, 0.29) is 12.1 Å². The summed E-state index contributed by atoms with van der Waals surface area (Å²) in [6, 6.07) is 10.7. The van der Waals surface area contributed by atoms with Gasteiger partial charge in [0.2, 0.25) is 0 Å². The van der Waals surface area contributed by atoms with E-state index < -0.39 is 5.79 Å². The molecule has 1 N–H and O–H groups in total. The first-order valence-corrected chi connectivity index (χ1v) is 6.16. The van der Waals surface area contributed by atoms with Crippen molar-refractivity contribution in [2.24, 2.45) is 0 Å². The molecule has 0 spiro atoms. The van der Waals surface area contributed by atoms with Gasteiger partial charge in [0.05, 0.1) is 12.7 Å². The molecular weight excluding hydrogens is 214 g/mol. The van der Waals surface area contributed by atoms with E-state index in [0.717, 1.165) is 6.54 Å². The highest BCUT2D eigenvalue weighted by Crippen LogP contribution is 2.24. The molecule has 0 aliphatic carbocycles. The summed E-state index contributed by atoms with van der Waals surface area (Å²) in [5.41, 5.74) is 1.29. The van der Waals surface area contributed by atoms with Crippen LogP contribution in [0.2, 0.25) is 0 Å². The highest BCUT2D eigenvalue weighted by atomic mass is 16.7. The molecule has 3 nitrogen and oxygen atoms in total. The van der Waals surface area contributed by atoms with Crippen molar-refractivity contribution in [3.8, 4) is 0 Å². The molecule has 1 heterocycles. The van der Waals surface area contributed by atoms with Crippen molar-refractivity contribution >= 4 is 0 Å². The minimum atomic E-state index is -0.437. The summed E-state index contributed by atoms with van der Waals surface area (Å²) in [5.74, 6) is -0.437. The van der Waals surface area contributed by atoms with Gasteiger partial charge in [-0.15, -0.1) is 0 Å². The van der Waals surface area contributed by atoms with Gasteiger partial charge in [-0.2, -0.15) is 0 Å². The predicted octanol–water partition coefficient (Wildman–Crippen LogP) is 2.32.